The molecule has 1 fully saturated rings. The van der Waals surface area contributed by atoms with E-state index >= 15 is 0 Å². The minimum absolute atomic E-state index is 0.0529. The first kappa shape index (κ1) is 32.2. The van der Waals surface area contributed by atoms with Crippen molar-refractivity contribution >= 4 is 29.9 Å². The lowest BCUT2D eigenvalue weighted by atomic mass is 9.82. The van der Waals surface area contributed by atoms with Crippen LogP contribution in [-0.2, 0) is 32.1 Å². The second kappa shape index (κ2) is 14.2. The maximum absolute atomic E-state index is 13.4. The minimum atomic E-state index is -0.715. The molecular formula is C34H40N4O6. The van der Waals surface area contributed by atoms with Crippen LogP contribution in [0.3, 0.4) is 0 Å². The number of imide groups is 1. The number of hydrogen-bond acceptors (Lipinski definition) is 8. The number of amides is 3. The van der Waals surface area contributed by atoms with Crippen molar-refractivity contribution in [1.29, 1.82) is 0 Å². The Morgan fingerprint density at radius 3 is 2.39 bits per heavy atom. The van der Waals surface area contributed by atoms with Crippen molar-refractivity contribution in [2.75, 3.05) is 19.1 Å². The molecule has 0 spiro atoms. The second-order valence-corrected chi connectivity index (χ2v) is 11.8. The Morgan fingerprint density at radius 2 is 1.75 bits per heavy atom. The van der Waals surface area contributed by atoms with Gasteiger partial charge in [0.1, 0.15) is 24.3 Å². The zero-order valence-corrected chi connectivity index (χ0v) is 26.1. The molecule has 1 unspecified atom stereocenters. The first-order valence-corrected chi connectivity index (χ1v) is 14.6. The van der Waals surface area contributed by atoms with Crippen LogP contribution in [0.5, 0.6) is 5.75 Å². The van der Waals surface area contributed by atoms with Crippen molar-refractivity contribution in [3.8, 4) is 5.75 Å². The van der Waals surface area contributed by atoms with Gasteiger partial charge in [-0.2, -0.15) is 0 Å². The molecule has 3 atom stereocenters. The van der Waals surface area contributed by atoms with Crippen molar-refractivity contribution in [3.05, 3.63) is 89.6 Å². The summed E-state index contributed by atoms with van der Waals surface area (Å²) in [6, 6.07) is 20.1. The van der Waals surface area contributed by atoms with Crippen molar-refractivity contribution in [2.45, 2.75) is 64.6 Å². The summed E-state index contributed by atoms with van der Waals surface area (Å²) in [6.07, 6.45) is 3.05. The van der Waals surface area contributed by atoms with Crippen molar-refractivity contribution in [2.24, 2.45) is 11.1 Å². The fraction of sp³-hybridized carbons (Fsp3) is 0.382. The third-order valence-corrected chi connectivity index (χ3v) is 7.36. The molecule has 4 rings (SSSR count). The normalized spacial score (nSPS) is 17.1. The number of likely N-dealkylation sites (tertiary alicyclic amines) is 1. The summed E-state index contributed by atoms with van der Waals surface area (Å²) >= 11 is 0. The lowest BCUT2D eigenvalue weighted by Crippen LogP contribution is -2.64. The predicted octanol–water partition coefficient (Wildman–Crippen LogP) is 5.75. The molecule has 0 bridgehead atoms. The van der Waals surface area contributed by atoms with Gasteiger partial charge >= 0.3 is 6.09 Å². The van der Waals surface area contributed by atoms with E-state index in [9.17, 15) is 14.4 Å². The number of aromatic nitrogens is 1. The highest BCUT2D eigenvalue weighted by molar-refractivity contribution is 6.06. The Balaban J connectivity index is 1.54. The summed E-state index contributed by atoms with van der Waals surface area (Å²) in [7, 11) is 3.01. The number of pyridine rings is 1. The monoisotopic (exact) mass is 600 g/mol. The van der Waals surface area contributed by atoms with Gasteiger partial charge in [0.25, 0.3) is 0 Å². The number of benzene rings is 2. The Hall–Kier alpha value is -4.73. The molecule has 0 radical (unpaired) electrons. The number of β-lactam (4-membered cyclic amide) rings is 1. The zero-order chi connectivity index (χ0) is 31.9. The third kappa shape index (κ3) is 8.00. The lowest BCUT2D eigenvalue weighted by molar-refractivity contribution is -0.162. The molecule has 3 aromatic rings. The highest BCUT2D eigenvalue weighted by atomic mass is 16.6. The number of carbonyl (C=O) groups excluding carboxylic acids is 3. The molecule has 44 heavy (non-hydrogen) atoms. The Kier molecular flexibility index (Phi) is 10.4. The van der Waals surface area contributed by atoms with Crippen LogP contribution in [-0.4, -0.2) is 59.9 Å². The van der Waals surface area contributed by atoms with Crippen LogP contribution < -0.4 is 9.64 Å². The first-order valence-electron chi connectivity index (χ1n) is 14.6. The van der Waals surface area contributed by atoms with E-state index < -0.39 is 23.7 Å². The molecule has 232 valence electrons. The number of nitrogens with zero attached hydrogens (tertiary/aromatic N) is 4. The highest BCUT2D eigenvalue weighted by Crippen LogP contribution is 2.33. The van der Waals surface area contributed by atoms with E-state index in [2.05, 4.69) is 10.1 Å². The van der Waals surface area contributed by atoms with Crippen molar-refractivity contribution in [1.82, 2.24) is 9.88 Å². The van der Waals surface area contributed by atoms with Gasteiger partial charge in [0.05, 0.1) is 31.8 Å². The molecule has 3 amide bonds. The Bertz CT molecular complexity index is 1470. The molecular weight excluding hydrogens is 560 g/mol. The first-order chi connectivity index (χ1) is 21.0. The summed E-state index contributed by atoms with van der Waals surface area (Å²) in [5.41, 5.74) is 1.94. The van der Waals surface area contributed by atoms with Gasteiger partial charge in [-0.15, -0.1) is 0 Å². The second-order valence-electron chi connectivity index (χ2n) is 11.8. The Labute approximate surface area is 258 Å². The van der Waals surface area contributed by atoms with Crippen molar-refractivity contribution < 1.29 is 28.7 Å². The molecule has 10 heteroatoms. The standard InChI is InChI=1S/C34H40N4O6/c1-23(26-10-8-7-9-11-26)18-31(39)38-29(21-36-43-6)28(32(38)40)19-25-16-17-35-30(20-25)37(33(41)44-34(2,3)4)22-24-12-14-27(42-5)15-13-24/h7-17,20-21,23,28-29H,18-19,22H2,1-6H3/t23-,28?,29+/m0/s1. The van der Waals surface area contributed by atoms with Gasteiger partial charge in [-0.3, -0.25) is 19.4 Å². The van der Waals surface area contributed by atoms with E-state index in [1.165, 1.54) is 23.1 Å². The van der Waals surface area contributed by atoms with E-state index in [0.717, 1.165) is 16.7 Å². The zero-order valence-electron chi connectivity index (χ0n) is 26.1. The number of rotatable bonds is 11. The molecule has 2 aromatic carbocycles. The lowest BCUT2D eigenvalue weighted by Gasteiger charge is -2.44. The predicted molar refractivity (Wildman–Crippen MR) is 167 cm³/mol. The molecule has 0 aliphatic carbocycles. The fourth-order valence-corrected chi connectivity index (χ4v) is 5.08. The van der Waals surface area contributed by atoms with Crippen LogP contribution in [0.15, 0.2) is 78.1 Å². The van der Waals surface area contributed by atoms with Crippen LogP contribution in [0.4, 0.5) is 10.6 Å². The summed E-state index contributed by atoms with van der Waals surface area (Å²) in [6.45, 7) is 7.59. The molecule has 0 saturated carbocycles. The van der Waals surface area contributed by atoms with Gasteiger partial charge < -0.3 is 14.3 Å². The number of hydrogen-bond donors (Lipinski definition) is 0. The highest BCUT2D eigenvalue weighted by Gasteiger charge is 2.49. The van der Waals surface area contributed by atoms with Crippen LogP contribution in [0, 0.1) is 5.92 Å². The van der Waals surface area contributed by atoms with E-state index in [-0.39, 0.29) is 30.7 Å². The number of carbonyl (C=O) groups is 3. The molecule has 1 aliphatic rings. The van der Waals surface area contributed by atoms with Crippen LogP contribution >= 0.6 is 0 Å². The van der Waals surface area contributed by atoms with Gasteiger partial charge in [0.2, 0.25) is 11.8 Å². The number of oxime groups is 1. The van der Waals surface area contributed by atoms with E-state index in [1.54, 1.807) is 46.2 Å². The summed E-state index contributed by atoms with van der Waals surface area (Å²) in [4.78, 5) is 52.1. The largest absolute Gasteiger partial charge is 0.497 e. The number of ether oxygens (including phenoxy) is 2. The van der Waals surface area contributed by atoms with Gasteiger partial charge in [-0.25, -0.2) is 9.78 Å². The van der Waals surface area contributed by atoms with E-state index in [1.807, 2.05) is 61.5 Å². The molecule has 10 nitrogen and oxygen atoms in total. The van der Waals surface area contributed by atoms with Crippen LogP contribution in [0.1, 0.15) is 56.7 Å². The van der Waals surface area contributed by atoms with E-state index in [0.29, 0.717) is 18.0 Å². The summed E-state index contributed by atoms with van der Waals surface area (Å²) in [5.74, 6) is -0.0355. The smallest absolute Gasteiger partial charge is 0.416 e. The molecule has 1 aliphatic heterocycles. The maximum Gasteiger partial charge on any atom is 0.416 e. The van der Waals surface area contributed by atoms with Gasteiger partial charge in [0, 0.05) is 12.6 Å². The fourth-order valence-electron chi connectivity index (χ4n) is 5.08. The number of methoxy groups -OCH3 is 1. The molecule has 0 N–H and O–H groups in total. The Morgan fingerprint density at radius 1 is 1.05 bits per heavy atom. The average molecular weight is 601 g/mol. The number of anilines is 1. The average Bonchev–Trinajstić information content (AvgIpc) is 3.00. The quantitative estimate of drug-likeness (QED) is 0.156. The van der Waals surface area contributed by atoms with Gasteiger partial charge in [-0.1, -0.05) is 54.5 Å². The van der Waals surface area contributed by atoms with Crippen molar-refractivity contribution in [3.63, 3.8) is 0 Å². The van der Waals surface area contributed by atoms with Gasteiger partial charge in [-0.05, 0) is 74.1 Å². The summed E-state index contributed by atoms with van der Waals surface area (Å²) < 4.78 is 11.0. The minimum Gasteiger partial charge on any atom is -0.497 e. The molecule has 2 heterocycles. The third-order valence-electron chi connectivity index (χ3n) is 7.36. The molecule has 1 aromatic heterocycles. The van der Waals surface area contributed by atoms with Crippen LogP contribution in [0.25, 0.3) is 0 Å². The van der Waals surface area contributed by atoms with E-state index in [4.69, 9.17) is 14.3 Å². The van der Waals surface area contributed by atoms with Gasteiger partial charge in [0.15, 0.2) is 0 Å². The summed E-state index contributed by atoms with van der Waals surface area (Å²) in [5, 5.41) is 3.89. The van der Waals surface area contributed by atoms with Crippen LogP contribution in [0.2, 0.25) is 0 Å². The maximum atomic E-state index is 13.4. The SMILES string of the molecule is CON=C[C@@H]1C(Cc2ccnc(N(Cc3ccc(OC)cc3)C(=O)OC(C)(C)C)c2)C(=O)N1C(=O)C[C@H](C)c1ccccc1. The topological polar surface area (TPSA) is 111 Å². The molecule has 1 saturated heterocycles.